The first-order chi connectivity index (χ1) is 10.7. The van der Waals surface area contributed by atoms with Crippen LogP contribution in [0.25, 0.3) is 0 Å². The normalized spacial score (nSPS) is 12.9. The molecule has 0 fully saturated rings. The summed E-state index contributed by atoms with van der Waals surface area (Å²) < 4.78 is 126. The zero-order valence-corrected chi connectivity index (χ0v) is 15.9. The maximum absolute atomic E-state index is 10.5. The van der Waals surface area contributed by atoms with Crippen LogP contribution >= 0.6 is 7.26 Å². The van der Waals surface area contributed by atoms with Crippen molar-refractivity contribution in [3.05, 3.63) is 0 Å². The van der Waals surface area contributed by atoms with E-state index in [2.05, 4.69) is 27.7 Å². The summed E-state index contributed by atoms with van der Waals surface area (Å²) in [5, 5.41) is 0. The van der Waals surface area contributed by atoms with Crippen LogP contribution < -0.4 is 18.9 Å². The molecule has 0 atom stereocenters. The van der Waals surface area contributed by atoms with Crippen molar-refractivity contribution in [2.45, 2.75) is 39.8 Å². The summed E-state index contributed by atoms with van der Waals surface area (Å²) in [4.78, 5) is 0. The molecule has 0 unspecified atom stereocenters. The van der Waals surface area contributed by atoms with Gasteiger partial charge >= 0.3 is 45.0 Å². The Labute approximate surface area is 157 Å². The number of hydrogen-bond acceptors (Lipinski definition) is 0. The van der Waals surface area contributed by atoms with Crippen molar-refractivity contribution < 1.29 is 71.1 Å². The van der Waals surface area contributed by atoms with Crippen molar-refractivity contribution in [2.24, 2.45) is 0 Å². The van der Waals surface area contributed by atoms with E-state index in [4.69, 9.17) is 0 Å². The number of rotatable bonds is 4. The first-order valence-electron chi connectivity index (χ1n) is 7.11. The third kappa shape index (κ3) is 14.4. The standard InChI is InChI=1S/C8H20P.2CBF6.Li/c1-5-9(6-2,7-3)8-4;2*3-1(4,5)2(6,7)8;/h5-8H2,1-4H3;;;/q+1;2*-1;+1. The van der Waals surface area contributed by atoms with Gasteiger partial charge in [-0.05, 0) is 27.7 Å². The van der Waals surface area contributed by atoms with Crippen LogP contribution in [0.1, 0.15) is 27.7 Å². The Morgan fingerprint density at radius 1 is 0.538 bits per heavy atom. The molecule has 0 rings (SSSR count). The molecule has 0 aliphatic carbocycles. The maximum atomic E-state index is 10.5. The van der Waals surface area contributed by atoms with Crippen LogP contribution in [-0.4, -0.2) is 50.8 Å². The van der Waals surface area contributed by atoms with Gasteiger partial charge in [-0.1, -0.05) is 0 Å². The molecule has 16 heteroatoms. The van der Waals surface area contributed by atoms with E-state index < -0.39 is 33.4 Å². The van der Waals surface area contributed by atoms with Gasteiger partial charge < -0.3 is 25.9 Å². The zero-order valence-electron chi connectivity index (χ0n) is 15.0. The largest absolute Gasteiger partial charge is 1.00 e. The van der Waals surface area contributed by atoms with Crippen LogP contribution in [0, 0.1) is 0 Å². The molecule has 0 aromatic heterocycles. The van der Waals surface area contributed by atoms with Crippen molar-refractivity contribution in [1.82, 2.24) is 0 Å². The van der Waals surface area contributed by atoms with Gasteiger partial charge in [0.25, 0.3) is 0 Å². The van der Waals surface area contributed by atoms with Crippen molar-refractivity contribution in [3.8, 4) is 0 Å². The summed E-state index contributed by atoms with van der Waals surface area (Å²) in [5.41, 5.74) is 0. The molecule has 0 amide bonds. The fourth-order valence-corrected chi connectivity index (χ4v) is 4.02. The minimum Gasteiger partial charge on any atom is -0.443 e. The van der Waals surface area contributed by atoms with Gasteiger partial charge in [0.1, 0.15) is 0 Å². The summed E-state index contributed by atoms with van der Waals surface area (Å²) in [7, 11) is -0.420. The number of hydrogen-bond donors (Lipinski definition) is 0. The van der Waals surface area contributed by atoms with Gasteiger partial charge in [0, 0.05) is 7.26 Å². The molecule has 0 aromatic carbocycles. The Morgan fingerprint density at radius 2 is 0.654 bits per heavy atom. The van der Waals surface area contributed by atoms with E-state index in [0.29, 0.717) is 0 Å². The summed E-state index contributed by atoms with van der Waals surface area (Å²) in [6.07, 6.45) is -6.18. The molecule has 0 saturated carbocycles. The van der Waals surface area contributed by atoms with Gasteiger partial charge in [-0.2, -0.15) is 0 Å². The number of alkyl halides is 6. The monoisotopic (exact) mass is 428 g/mol. The van der Waals surface area contributed by atoms with Crippen LogP contribution in [-0.2, 0) is 0 Å². The minimum absolute atomic E-state index is 0. The molecule has 0 aliphatic rings. The van der Waals surface area contributed by atoms with Crippen LogP contribution in [0.4, 0.5) is 52.2 Å². The van der Waals surface area contributed by atoms with Crippen LogP contribution in [0.15, 0.2) is 0 Å². The average molecular weight is 428 g/mol. The first kappa shape index (κ1) is 33.9. The van der Waals surface area contributed by atoms with E-state index in [1.54, 1.807) is 0 Å². The Morgan fingerprint density at radius 3 is 0.654 bits per heavy atom. The Balaban J connectivity index is -0.000000137. The zero-order chi connectivity index (χ0) is 21.3. The Hall–Kier alpha value is 0.317. The van der Waals surface area contributed by atoms with Crippen molar-refractivity contribution >= 4 is 21.2 Å². The predicted molar refractivity (Wildman–Crippen MR) is 79.4 cm³/mol. The fraction of sp³-hybridized carbons (Fsp3) is 1.00. The van der Waals surface area contributed by atoms with E-state index in [0.717, 1.165) is 0 Å². The van der Waals surface area contributed by atoms with Crippen molar-refractivity contribution in [2.75, 3.05) is 24.6 Å². The molecule has 0 aliphatic heterocycles. The van der Waals surface area contributed by atoms with E-state index in [-0.39, 0.29) is 18.9 Å². The molecule has 0 heterocycles. The molecule has 156 valence electrons. The van der Waals surface area contributed by atoms with Gasteiger partial charge in [0.2, 0.25) is 0 Å². The molecular weight excluding hydrogens is 408 g/mol. The molecule has 0 bridgehead atoms. The van der Waals surface area contributed by atoms with E-state index in [9.17, 15) is 52.2 Å². The van der Waals surface area contributed by atoms with Crippen LogP contribution in [0.3, 0.4) is 0 Å². The smallest absolute Gasteiger partial charge is 0.443 e. The van der Waals surface area contributed by atoms with Crippen molar-refractivity contribution in [1.29, 1.82) is 0 Å². The van der Waals surface area contributed by atoms with Gasteiger partial charge in [0.15, 0.2) is 0 Å². The minimum atomic E-state index is -6.65. The summed E-state index contributed by atoms with van der Waals surface area (Å²) in [6.45, 7) is -3.89. The van der Waals surface area contributed by atoms with Gasteiger partial charge in [-0.25, -0.2) is 26.3 Å². The molecule has 0 aromatic rings. The Bertz CT molecular complexity index is 280. The molecule has 0 N–H and O–H groups in total. The van der Waals surface area contributed by atoms with Crippen molar-refractivity contribution in [3.63, 3.8) is 0 Å². The molecule has 26 heavy (non-hydrogen) atoms. The van der Waals surface area contributed by atoms with Crippen LogP contribution in [0.5, 0.6) is 0 Å². The molecular formula is C10H20B2F12LiP. The fourth-order valence-electron chi connectivity index (χ4n) is 1.34. The SMILES string of the molecule is CC[P+](CC)(CC)CC.F[B-](F)(F)C(F)(F)F.F[B-](F)(F)C(F)(F)F.[Li+]. The predicted octanol–water partition coefficient (Wildman–Crippen LogP) is 3.96. The molecule has 0 spiro atoms. The average Bonchev–Trinajstić information content (AvgIpc) is 2.39. The quantitative estimate of drug-likeness (QED) is 0.362. The second-order valence-electron chi connectivity index (χ2n) is 4.84. The van der Waals surface area contributed by atoms with Gasteiger partial charge in [-0.3, -0.25) is 0 Å². The van der Waals surface area contributed by atoms with Gasteiger partial charge in [-0.15, -0.1) is 0 Å². The summed E-state index contributed by atoms with van der Waals surface area (Å²) >= 11 is 0. The Kier molecular flexibility index (Phi) is 16.6. The first-order valence-corrected chi connectivity index (χ1v) is 9.64. The van der Waals surface area contributed by atoms with Crippen LogP contribution in [0.2, 0.25) is 0 Å². The summed E-state index contributed by atoms with van der Waals surface area (Å²) in [5.74, 6) is 0. The number of halogens is 12. The summed E-state index contributed by atoms with van der Waals surface area (Å²) in [6, 6.07) is 0. The van der Waals surface area contributed by atoms with Gasteiger partial charge in [0.05, 0.1) is 24.6 Å². The molecule has 0 radical (unpaired) electrons. The van der Waals surface area contributed by atoms with E-state index in [1.807, 2.05) is 0 Å². The molecule has 0 saturated heterocycles. The maximum Gasteiger partial charge on any atom is 1.00 e. The second-order valence-corrected chi connectivity index (χ2v) is 10.1. The topological polar surface area (TPSA) is 0 Å². The van der Waals surface area contributed by atoms with E-state index in [1.165, 1.54) is 24.6 Å². The third-order valence-corrected chi connectivity index (χ3v) is 8.79. The second kappa shape index (κ2) is 12.7. The molecule has 0 nitrogen and oxygen atoms in total. The third-order valence-electron chi connectivity index (χ3n) is 3.43. The van der Waals surface area contributed by atoms with E-state index >= 15 is 0 Å².